The van der Waals surface area contributed by atoms with Crippen molar-refractivity contribution in [2.45, 2.75) is 12.0 Å². The molecule has 1 aromatic rings. The van der Waals surface area contributed by atoms with Crippen molar-refractivity contribution in [1.82, 2.24) is 5.32 Å². The minimum absolute atomic E-state index is 0.136. The van der Waals surface area contributed by atoms with Crippen molar-refractivity contribution in [3.8, 4) is 0 Å². The molecule has 1 fully saturated rings. The second-order valence-corrected chi connectivity index (χ2v) is 4.15. The van der Waals surface area contributed by atoms with Crippen LogP contribution in [0.25, 0.3) is 0 Å². The van der Waals surface area contributed by atoms with E-state index in [1.807, 2.05) is 6.07 Å². The van der Waals surface area contributed by atoms with Gasteiger partial charge in [0.1, 0.15) is 5.82 Å². The maximum atomic E-state index is 13.1. The third kappa shape index (κ3) is 0.932. The number of halogens is 1. The zero-order valence-corrected chi connectivity index (χ0v) is 8.13. The zero-order valence-electron chi connectivity index (χ0n) is 8.13. The summed E-state index contributed by atoms with van der Waals surface area (Å²) in [5.74, 6) is 0.416. The molecule has 1 aromatic carbocycles. The quantitative estimate of drug-likeness (QED) is 0.667. The van der Waals surface area contributed by atoms with Gasteiger partial charge in [0, 0.05) is 37.8 Å². The third-order valence-corrected chi connectivity index (χ3v) is 3.45. The fourth-order valence-electron chi connectivity index (χ4n) is 2.70. The van der Waals surface area contributed by atoms with Gasteiger partial charge in [0.15, 0.2) is 0 Å². The van der Waals surface area contributed by atoms with Crippen LogP contribution in [0.15, 0.2) is 18.2 Å². The van der Waals surface area contributed by atoms with Gasteiger partial charge in [0.2, 0.25) is 0 Å². The Bertz CT molecular complexity index is 378. The van der Waals surface area contributed by atoms with Crippen LogP contribution >= 0.6 is 0 Å². The second kappa shape index (κ2) is 2.70. The molecule has 3 heteroatoms. The van der Waals surface area contributed by atoms with E-state index in [-0.39, 0.29) is 5.82 Å². The van der Waals surface area contributed by atoms with E-state index in [1.165, 1.54) is 5.56 Å². The van der Waals surface area contributed by atoms with Gasteiger partial charge in [-0.1, -0.05) is 6.07 Å². The summed E-state index contributed by atoms with van der Waals surface area (Å²) in [5.41, 5.74) is 2.37. The van der Waals surface area contributed by atoms with Gasteiger partial charge in [-0.05, 0) is 17.7 Å². The van der Waals surface area contributed by atoms with Crippen LogP contribution in [0, 0.1) is 5.82 Å². The largest absolute Gasteiger partial charge is 0.369 e. The minimum atomic E-state index is -0.136. The average molecular weight is 192 g/mol. The van der Waals surface area contributed by atoms with Crippen LogP contribution in [0.4, 0.5) is 10.1 Å². The van der Waals surface area contributed by atoms with E-state index in [4.69, 9.17) is 0 Å². The summed E-state index contributed by atoms with van der Waals surface area (Å²) < 4.78 is 13.1. The molecule has 0 saturated carbocycles. The number of rotatable bonds is 0. The first kappa shape index (κ1) is 8.24. The summed E-state index contributed by atoms with van der Waals surface area (Å²) in [6, 6.07) is 5.66. The summed E-state index contributed by atoms with van der Waals surface area (Å²) in [5, 5.41) is 3.37. The molecule has 3 rings (SSSR count). The predicted octanol–water partition coefficient (Wildman–Crippen LogP) is 1.33. The van der Waals surface area contributed by atoms with Crippen molar-refractivity contribution in [3.63, 3.8) is 0 Å². The Labute approximate surface area is 82.7 Å². The molecule has 2 aliphatic rings. The Morgan fingerprint density at radius 1 is 1.43 bits per heavy atom. The molecule has 1 saturated heterocycles. The van der Waals surface area contributed by atoms with Crippen LogP contribution in [0.1, 0.15) is 11.5 Å². The van der Waals surface area contributed by atoms with Crippen LogP contribution in [-0.4, -0.2) is 26.2 Å². The highest BCUT2D eigenvalue weighted by Crippen LogP contribution is 2.41. The summed E-state index contributed by atoms with van der Waals surface area (Å²) in [7, 11) is 2.05. The first-order chi connectivity index (χ1) is 6.77. The SMILES string of the molecule is CN1c2cc(F)ccc2C2CNCC21. The standard InChI is InChI=1S/C11H13FN2/c1-14-10-4-7(12)2-3-8(10)9-5-13-6-11(9)14/h2-4,9,11,13H,5-6H2,1H3. The summed E-state index contributed by atoms with van der Waals surface area (Å²) in [4.78, 5) is 2.20. The van der Waals surface area contributed by atoms with Gasteiger partial charge in [0.25, 0.3) is 0 Å². The first-order valence-electron chi connectivity index (χ1n) is 5.00. The van der Waals surface area contributed by atoms with Gasteiger partial charge < -0.3 is 10.2 Å². The predicted molar refractivity (Wildman–Crippen MR) is 54.2 cm³/mol. The molecule has 0 bridgehead atoms. The summed E-state index contributed by atoms with van der Waals surface area (Å²) in [6.07, 6.45) is 0. The molecule has 74 valence electrons. The Morgan fingerprint density at radius 3 is 3.14 bits per heavy atom. The van der Waals surface area contributed by atoms with Gasteiger partial charge >= 0.3 is 0 Å². The second-order valence-electron chi connectivity index (χ2n) is 4.15. The summed E-state index contributed by atoms with van der Waals surface area (Å²) in [6.45, 7) is 2.03. The maximum absolute atomic E-state index is 13.1. The molecular formula is C11H13FN2. The van der Waals surface area contributed by atoms with E-state index < -0.39 is 0 Å². The number of anilines is 1. The highest BCUT2D eigenvalue weighted by Gasteiger charge is 2.39. The van der Waals surface area contributed by atoms with Crippen molar-refractivity contribution in [3.05, 3.63) is 29.6 Å². The Hall–Kier alpha value is -1.09. The van der Waals surface area contributed by atoms with Gasteiger partial charge in [-0.3, -0.25) is 0 Å². The first-order valence-corrected chi connectivity index (χ1v) is 5.00. The van der Waals surface area contributed by atoms with E-state index >= 15 is 0 Å². The van der Waals surface area contributed by atoms with Crippen LogP contribution in [0.2, 0.25) is 0 Å². The Balaban J connectivity index is 2.13. The van der Waals surface area contributed by atoms with E-state index in [0.29, 0.717) is 12.0 Å². The van der Waals surface area contributed by atoms with E-state index in [1.54, 1.807) is 12.1 Å². The summed E-state index contributed by atoms with van der Waals surface area (Å²) >= 11 is 0. The van der Waals surface area contributed by atoms with Crippen molar-refractivity contribution >= 4 is 5.69 Å². The van der Waals surface area contributed by atoms with Gasteiger partial charge in [0.05, 0.1) is 0 Å². The van der Waals surface area contributed by atoms with Crippen molar-refractivity contribution in [1.29, 1.82) is 0 Å². The number of hydrogen-bond acceptors (Lipinski definition) is 2. The van der Waals surface area contributed by atoms with Crippen LogP contribution in [0.3, 0.4) is 0 Å². The Kier molecular flexibility index (Phi) is 1.59. The molecule has 0 spiro atoms. The molecule has 2 aliphatic heterocycles. The lowest BCUT2D eigenvalue weighted by Crippen LogP contribution is -2.31. The minimum Gasteiger partial charge on any atom is -0.369 e. The molecule has 0 amide bonds. The third-order valence-electron chi connectivity index (χ3n) is 3.45. The molecule has 0 aliphatic carbocycles. The zero-order chi connectivity index (χ0) is 9.71. The lowest BCUT2D eigenvalue weighted by molar-refractivity contribution is 0.627. The van der Waals surface area contributed by atoms with E-state index in [0.717, 1.165) is 18.8 Å². The topological polar surface area (TPSA) is 15.3 Å². The number of nitrogens with one attached hydrogen (secondary N) is 1. The molecule has 2 heterocycles. The van der Waals surface area contributed by atoms with Crippen LogP contribution < -0.4 is 10.2 Å². The van der Waals surface area contributed by atoms with Crippen molar-refractivity contribution < 1.29 is 4.39 Å². The molecule has 1 N–H and O–H groups in total. The maximum Gasteiger partial charge on any atom is 0.125 e. The fourth-order valence-corrected chi connectivity index (χ4v) is 2.70. The van der Waals surface area contributed by atoms with Crippen molar-refractivity contribution in [2.24, 2.45) is 0 Å². The molecule has 0 aromatic heterocycles. The molecular weight excluding hydrogens is 179 g/mol. The number of hydrogen-bond donors (Lipinski definition) is 1. The van der Waals surface area contributed by atoms with Gasteiger partial charge in [-0.15, -0.1) is 0 Å². The normalized spacial score (nSPS) is 29.1. The van der Waals surface area contributed by atoms with Gasteiger partial charge in [-0.2, -0.15) is 0 Å². The van der Waals surface area contributed by atoms with E-state index in [2.05, 4.69) is 17.3 Å². The Morgan fingerprint density at radius 2 is 2.29 bits per heavy atom. The molecule has 14 heavy (non-hydrogen) atoms. The van der Waals surface area contributed by atoms with Crippen molar-refractivity contribution in [2.75, 3.05) is 25.0 Å². The number of fused-ring (bicyclic) bond motifs is 3. The molecule has 2 atom stereocenters. The smallest absolute Gasteiger partial charge is 0.125 e. The number of benzene rings is 1. The lowest BCUT2D eigenvalue weighted by atomic mass is 9.98. The highest BCUT2D eigenvalue weighted by molar-refractivity contribution is 5.62. The fraction of sp³-hybridized carbons (Fsp3) is 0.455. The van der Waals surface area contributed by atoms with Crippen LogP contribution in [-0.2, 0) is 0 Å². The van der Waals surface area contributed by atoms with E-state index in [9.17, 15) is 4.39 Å². The lowest BCUT2D eigenvalue weighted by Gasteiger charge is -2.20. The number of nitrogens with zero attached hydrogens (tertiary/aromatic N) is 1. The molecule has 2 unspecified atom stereocenters. The van der Waals surface area contributed by atoms with Gasteiger partial charge in [-0.25, -0.2) is 4.39 Å². The monoisotopic (exact) mass is 192 g/mol. The highest BCUT2D eigenvalue weighted by atomic mass is 19.1. The number of likely N-dealkylation sites (N-methyl/N-ethyl adjacent to an activating group) is 1. The molecule has 0 radical (unpaired) electrons. The molecule has 2 nitrogen and oxygen atoms in total. The van der Waals surface area contributed by atoms with Crippen LogP contribution in [0.5, 0.6) is 0 Å². The average Bonchev–Trinajstić information content (AvgIpc) is 2.72.